The largest absolute Gasteiger partial charge is 3.00 e. The van der Waals surface area contributed by atoms with Gasteiger partial charge in [0.1, 0.15) is 0 Å². The van der Waals surface area contributed by atoms with Crippen LogP contribution in [0.2, 0.25) is 0 Å². The van der Waals surface area contributed by atoms with E-state index in [1.165, 1.54) is 6.92 Å². The quantitative estimate of drug-likeness (QED) is 0.131. The van der Waals surface area contributed by atoms with Crippen LogP contribution in [0.25, 0.3) is 0 Å². The van der Waals surface area contributed by atoms with Crippen molar-refractivity contribution >= 4 is 21.8 Å². The topological polar surface area (TPSA) is 75.3 Å². The summed E-state index contributed by atoms with van der Waals surface area (Å²) in [5, 5.41) is 7.32. The zero-order chi connectivity index (χ0) is 33.2. The van der Waals surface area contributed by atoms with E-state index in [0.717, 1.165) is 0 Å². The Kier molecular flexibility index (Phi) is 39.1. The smallest absolute Gasteiger partial charge is 0.418 e. The van der Waals surface area contributed by atoms with Gasteiger partial charge in [-0.15, -0.1) is 0 Å². The van der Waals surface area contributed by atoms with Crippen LogP contribution in [0.3, 0.4) is 0 Å². The number of aromatic nitrogens is 4. The van der Waals surface area contributed by atoms with E-state index in [1.807, 2.05) is 72.8 Å². The summed E-state index contributed by atoms with van der Waals surface area (Å²) in [6.45, 7) is 1.43. The second kappa shape index (κ2) is 34.4. The SMILES string of the molecule is CC#N.F[B-](F)(F)F.F[B-](F)(F)F.F[B-](F)(F)F.[Au+3].c1ccncc1.c1ccncc1.c1ccncc1.c1ccncc1. The van der Waals surface area contributed by atoms with Crippen LogP contribution in [-0.4, -0.2) is 41.7 Å². The summed E-state index contributed by atoms with van der Waals surface area (Å²) in [5.41, 5.74) is 0. The second-order valence-electron chi connectivity index (χ2n) is 5.81. The molecule has 4 aromatic heterocycles. The minimum Gasteiger partial charge on any atom is -0.418 e. The van der Waals surface area contributed by atoms with Gasteiger partial charge >= 0.3 is 44.1 Å². The van der Waals surface area contributed by atoms with Crippen LogP contribution in [0.1, 0.15) is 6.92 Å². The first-order valence-corrected chi connectivity index (χ1v) is 10.7. The number of nitriles is 1. The molecule has 0 aliphatic carbocycles. The van der Waals surface area contributed by atoms with Gasteiger partial charge in [-0.2, -0.15) is 5.26 Å². The summed E-state index contributed by atoms with van der Waals surface area (Å²) in [6, 6.07) is 24.6. The summed E-state index contributed by atoms with van der Waals surface area (Å²) in [4.78, 5) is 15.1. The van der Waals surface area contributed by atoms with Crippen LogP contribution >= 0.6 is 0 Å². The van der Waals surface area contributed by atoms with Crippen molar-refractivity contribution in [1.82, 2.24) is 19.9 Å². The summed E-state index contributed by atoms with van der Waals surface area (Å²) in [6.07, 6.45) is 14.0. The van der Waals surface area contributed by atoms with Crippen molar-refractivity contribution in [1.29, 1.82) is 5.26 Å². The molecule has 0 unspecified atom stereocenters. The van der Waals surface area contributed by atoms with Crippen molar-refractivity contribution in [3.63, 3.8) is 0 Å². The predicted octanol–water partition coefficient (Wildman–Crippen LogP) is 8.75. The Morgan fingerprint density at radius 3 is 0.488 bits per heavy atom. The first-order valence-electron chi connectivity index (χ1n) is 10.7. The van der Waals surface area contributed by atoms with Gasteiger partial charge in [-0.3, -0.25) is 19.9 Å². The van der Waals surface area contributed by atoms with Crippen LogP contribution in [0.5, 0.6) is 0 Å². The van der Waals surface area contributed by atoms with Gasteiger partial charge in [-0.25, -0.2) is 0 Å². The molecule has 4 rings (SSSR count). The van der Waals surface area contributed by atoms with Gasteiger partial charge in [-0.05, 0) is 48.5 Å². The fourth-order valence-electron chi connectivity index (χ4n) is 1.25. The third kappa shape index (κ3) is 123. The van der Waals surface area contributed by atoms with Gasteiger partial charge in [0, 0.05) is 56.5 Å². The molecule has 43 heavy (non-hydrogen) atoms. The first-order chi connectivity index (χ1) is 19.4. The van der Waals surface area contributed by atoms with E-state index in [-0.39, 0.29) is 22.4 Å². The molecule has 0 saturated carbocycles. The molecular weight excluding hydrogens is 792 g/mol. The number of rotatable bonds is 0. The number of pyridine rings is 4. The molecular formula is C22H23AuB3F12N5. The molecule has 4 aromatic rings. The molecule has 0 spiro atoms. The van der Waals surface area contributed by atoms with Crippen molar-refractivity contribution in [2.24, 2.45) is 0 Å². The van der Waals surface area contributed by atoms with Gasteiger partial charge in [-0.1, -0.05) is 24.3 Å². The van der Waals surface area contributed by atoms with Crippen LogP contribution in [0.4, 0.5) is 51.8 Å². The predicted molar refractivity (Wildman–Crippen MR) is 139 cm³/mol. The standard InChI is InChI=1S/4C5H5N.C2H3N.Au.3BF4/c4*1-2-4-6-5-3-1;1-2-3;;3*2-1(3,4)5/h4*1-5H;1H3;;;;/q;;;;;+3;3*-1. The Bertz CT molecular complexity index is 773. The maximum Gasteiger partial charge on any atom is 3.00 e. The fraction of sp³-hybridized carbons (Fsp3) is 0.0455. The molecule has 0 radical (unpaired) electrons. The minimum atomic E-state index is -6.00. The number of nitrogens with zero attached hydrogens (tertiary/aromatic N) is 5. The number of halogens is 12. The molecule has 0 N–H and O–H groups in total. The zero-order valence-corrected chi connectivity index (χ0v) is 24.0. The van der Waals surface area contributed by atoms with E-state index in [4.69, 9.17) is 5.26 Å². The van der Waals surface area contributed by atoms with Crippen LogP contribution in [-0.2, 0) is 22.4 Å². The first kappa shape index (κ1) is 48.9. The van der Waals surface area contributed by atoms with Gasteiger partial charge in [0.2, 0.25) is 0 Å². The molecule has 0 amide bonds. The molecule has 0 fully saturated rings. The Hall–Kier alpha value is -3.81. The van der Waals surface area contributed by atoms with E-state index in [1.54, 1.807) is 55.6 Å². The average molecular weight is 815 g/mol. The summed E-state index contributed by atoms with van der Waals surface area (Å²) < 4.78 is 117. The summed E-state index contributed by atoms with van der Waals surface area (Å²) >= 11 is 0. The van der Waals surface area contributed by atoms with E-state index in [2.05, 4.69) is 19.9 Å². The molecule has 0 saturated heterocycles. The minimum absolute atomic E-state index is 0. The number of hydrogen-bond acceptors (Lipinski definition) is 5. The van der Waals surface area contributed by atoms with Crippen molar-refractivity contribution < 1.29 is 74.2 Å². The third-order valence-electron chi connectivity index (χ3n) is 2.27. The van der Waals surface area contributed by atoms with Crippen LogP contribution < -0.4 is 0 Å². The normalized spacial score (nSPS) is 8.84. The zero-order valence-electron chi connectivity index (χ0n) is 21.9. The second-order valence-corrected chi connectivity index (χ2v) is 5.81. The molecule has 5 nitrogen and oxygen atoms in total. The average Bonchev–Trinajstić information content (AvgIpc) is 2.91. The molecule has 0 bridgehead atoms. The molecule has 21 heteroatoms. The van der Waals surface area contributed by atoms with E-state index < -0.39 is 21.8 Å². The Labute approximate surface area is 256 Å². The van der Waals surface area contributed by atoms with Crippen LogP contribution in [0, 0.1) is 11.3 Å². The van der Waals surface area contributed by atoms with Gasteiger partial charge < -0.3 is 51.8 Å². The van der Waals surface area contributed by atoms with Crippen molar-refractivity contribution in [2.45, 2.75) is 6.92 Å². The van der Waals surface area contributed by atoms with Crippen LogP contribution in [0.15, 0.2) is 122 Å². The van der Waals surface area contributed by atoms with E-state index >= 15 is 0 Å². The Balaban J connectivity index is -0.000000128. The number of hydrogen-bond donors (Lipinski definition) is 0. The Morgan fingerprint density at radius 2 is 0.465 bits per heavy atom. The van der Waals surface area contributed by atoms with Gasteiger partial charge in [0.15, 0.2) is 0 Å². The third-order valence-corrected chi connectivity index (χ3v) is 2.27. The van der Waals surface area contributed by atoms with Crippen molar-refractivity contribution in [2.75, 3.05) is 0 Å². The maximum atomic E-state index is 9.75. The van der Waals surface area contributed by atoms with Crippen molar-refractivity contribution in [3.05, 3.63) is 122 Å². The molecule has 0 aliphatic rings. The maximum absolute atomic E-state index is 9.75. The van der Waals surface area contributed by atoms with E-state index in [9.17, 15) is 51.8 Å². The van der Waals surface area contributed by atoms with Gasteiger partial charge in [0.05, 0.1) is 6.07 Å². The molecule has 0 aliphatic heterocycles. The fourth-order valence-corrected chi connectivity index (χ4v) is 1.25. The Morgan fingerprint density at radius 1 is 0.372 bits per heavy atom. The monoisotopic (exact) mass is 815 g/mol. The van der Waals surface area contributed by atoms with E-state index in [0.29, 0.717) is 0 Å². The van der Waals surface area contributed by atoms with Gasteiger partial charge in [0.25, 0.3) is 0 Å². The van der Waals surface area contributed by atoms with Crippen molar-refractivity contribution in [3.8, 4) is 6.07 Å². The summed E-state index contributed by atoms with van der Waals surface area (Å²) in [7, 11) is -18.0. The summed E-state index contributed by atoms with van der Waals surface area (Å²) in [5.74, 6) is 0. The molecule has 240 valence electrons. The molecule has 4 heterocycles. The molecule has 0 atom stereocenters. The molecule has 0 aromatic carbocycles.